The van der Waals surface area contributed by atoms with E-state index in [1.54, 1.807) is 6.92 Å². The van der Waals surface area contributed by atoms with E-state index >= 15 is 0 Å². The van der Waals surface area contributed by atoms with E-state index in [0.29, 0.717) is 20.6 Å². The number of nitro benzene ring substituents is 1. The lowest BCUT2D eigenvalue weighted by molar-refractivity contribution is -0.384. The first kappa shape index (κ1) is 28.9. The van der Waals surface area contributed by atoms with E-state index < -0.39 is 41.1 Å². The van der Waals surface area contributed by atoms with Crippen LogP contribution in [0.4, 0.5) is 26.2 Å². The number of carbonyl (C=O) groups excluding carboxylic acids is 4. The highest BCUT2D eigenvalue weighted by molar-refractivity contribution is 9.10. The molecule has 1 aliphatic heterocycles. The van der Waals surface area contributed by atoms with Crippen molar-refractivity contribution in [2.45, 2.75) is 6.92 Å². The highest BCUT2D eigenvalue weighted by Crippen LogP contribution is 2.38. The van der Waals surface area contributed by atoms with Gasteiger partial charge in [-0.25, -0.2) is 14.1 Å². The molecule has 0 aliphatic carbocycles. The lowest BCUT2D eigenvalue weighted by Crippen LogP contribution is -2.54. The number of hydrogen-bond donors (Lipinski definition) is 2. The first-order chi connectivity index (χ1) is 19.6. The second-order valence-electron chi connectivity index (χ2n) is 8.34. The van der Waals surface area contributed by atoms with E-state index in [2.05, 4.69) is 26.6 Å². The van der Waals surface area contributed by atoms with Crippen molar-refractivity contribution in [2.75, 3.05) is 23.4 Å². The normalized spacial score (nSPS) is 14.1. The Balaban J connectivity index is 1.57. The molecule has 0 saturated carbocycles. The van der Waals surface area contributed by atoms with Gasteiger partial charge in [-0.05, 0) is 83.0 Å². The molecule has 1 aliphatic rings. The minimum atomic E-state index is -1.01. The highest BCUT2D eigenvalue weighted by Gasteiger charge is 2.37. The summed E-state index contributed by atoms with van der Waals surface area (Å²) >= 11 is 3.35. The lowest BCUT2D eigenvalue weighted by Gasteiger charge is -2.26. The molecule has 3 aromatic carbocycles. The lowest BCUT2D eigenvalue weighted by atomic mass is 10.1. The van der Waals surface area contributed by atoms with Gasteiger partial charge in [-0.3, -0.25) is 29.8 Å². The van der Waals surface area contributed by atoms with Crippen LogP contribution in [-0.2, 0) is 14.4 Å². The van der Waals surface area contributed by atoms with Crippen LogP contribution >= 0.6 is 15.9 Å². The molecule has 14 heteroatoms. The van der Waals surface area contributed by atoms with Crippen LogP contribution in [0.1, 0.15) is 12.5 Å². The van der Waals surface area contributed by atoms with Gasteiger partial charge in [-0.15, -0.1) is 0 Å². The monoisotopic (exact) mass is 626 g/mol. The Morgan fingerprint density at radius 2 is 1.78 bits per heavy atom. The largest absolute Gasteiger partial charge is 0.490 e. The number of halogens is 2. The number of imide groups is 2. The number of non-ortho nitro benzene ring substituents is 1. The predicted octanol–water partition coefficient (Wildman–Crippen LogP) is 4.58. The molecule has 12 nitrogen and oxygen atoms in total. The van der Waals surface area contributed by atoms with Crippen molar-refractivity contribution in [1.82, 2.24) is 5.32 Å². The number of ether oxygens (including phenoxy) is 2. The molecule has 1 fully saturated rings. The fraction of sp³-hybridized carbons (Fsp3) is 0.111. The average molecular weight is 627 g/mol. The smallest absolute Gasteiger partial charge is 0.335 e. The predicted molar refractivity (Wildman–Crippen MR) is 148 cm³/mol. The molecule has 0 bridgehead atoms. The minimum Gasteiger partial charge on any atom is -0.490 e. The second kappa shape index (κ2) is 12.4. The molecular formula is C27H20BrFN4O8. The van der Waals surface area contributed by atoms with Crippen LogP contribution in [0.2, 0.25) is 0 Å². The third kappa shape index (κ3) is 6.73. The summed E-state index contributed by atoms with van der Waals surface area (Å²) in [6.45, 7) is 1.52. The van der Waals surface area contributed by atoms with E-state index in [9.17, 15) is 33.7 Å². The van der Waals surface area contributed by atoms with E-state index in [4.69, 9.17) is 9.47 Å². The van der Waals surface area contributed by atoms with Crippen molar-refractivity contribution in [2.24, 2.45) is 0 Å². The van der Waals surface area contributed by atoms with Crippen molar-refractivity contribution in [1.29, 1.82) is 0 Å². The van der Waals surface area contributed by atoms with Gasteiger partial charge in [0.05, 0.1) is 21.7 Å². The molecule has 1 saturated heterocycles. The first-order valence-corrected chi connectivity index (χ1v) is 12.7. The standard InChI is InChI=1S/C27H20BrFN4O8/c1-2-40-22-13-15(12-21(28)24(22)41-14-23(34)30-17-5-3-16(29)4-6-17)11-20-25(35)31-27(37)32(26(20)36)18-7-9-19(10-8-18)33(38)39/h3-13H,2,14H2,1H3,(H,30,34)(H,31,35,37)/b20-11-. The highest BCUT2D eigenvalue weighted by atomic mass is 79.9. The van der Waals surface area contributed by atoms with Crippen molar-refractivity contribution in [3.8, 4) is 11.5 Å². The van der Waals surface area contributed by atoms with Crippen molar-refractivity contribution in [3.63, 3.8) is 0 Å². The third-order valence-corrected chi connectivity index (χ3v) is 6.13. The Kier molecular flexibility index (Phi) is 8.72. The van der Waals surface area contributed by atoms with E-state index in [1.165, 1.54) is 54.6 Å². The maximum Gasteiger partial charge on any atom is 0.335 e. The van der Waals surface area contributed by atoms with Gasteiger partial charge in [-0.2, -0.15) is 0 Å². The number of barbiturate groups is 1. The summed E-state index contributed by atoms with van der Waals surface area (Å²) in [7, 11) is 0. The number of nitrogens with zero attached hydrogens (tertiary/aromatic N) is 2. The molecule has 0 atom stereocenters. The van der Waals surface area contributed by atoms with Gasteiger partial charge in [0.25, 0.3) is 23.4 Å². The van der Waals surface area contributed by atoms with Crippen LogP contribution in [0.15, 0.2) is 70.7 Å². The average Bonchev–Trinajstić information content (AvgIpc) is 2.92. The first-order valence-electron chi connectivity index (χ1n) is 11.9. The van der Waals surface area contributed by atoms with Gasteiger partial charge >= 0.3 is 6.03 Å². The summed E-state index contributed by atoms with van der Waals surface area (Å²) in [5.74, 6) is -2.49. The van der Waals surface area contributed by atoms with Crippen molar-refractivity contribution in [3.05, 3.63) is 92.2 Å². The molecule has 5 amide bonds. The van der Waals surface area contributed by atoms with Gasteiger partial charge in [-0.1, -0.05) is 0 Å². The molecule has 1 heterocycles. The van der Waals surface area contributed by atoms with Gasteiger partial charge < -0.3 is 14.8 Å². The molecule has 0 aromatic heterocycles. The van der Waals surface area contributed by atoms with Crippen LogP contribution in [0.3, 0.4) is 0 Å². The Labute approximate surface area is 240 Å². The summed E-state index contributed by atoms with van der Waals surface area (Å²) in [6, 6.07) is 11.8. The number of benzene rings is 3. The summed E-state index contributed by atoms with van der Waals surface area (Å²) < 4.78 is 24.7. The molecule has 3 aromatic rings. The quantitative estimate of drug-likeness (QED) is 0.151. The minimum absolute atomic E-state index is 0.0235. The summed E-state index contributed by atoms with van der Waals surface area (Å²) in [5.41, 5.74) is 0.0942. The van der Waals surface area contributed by atoms with E-state index in [1.807, 2.05) is 0 Å². The van der Waals surface area contributed by atoms with Gasteiger partial charge in [0, 0.05) is 17.8 Å². The molecule has 41 heavy (non-hydrogen) atoms. The maximum absolute atomic E-state index is 13.2. The summed E-state index contributed by atoms with van der Waals surface area (Å²) in [6.07, 6.45) is 1.24. The Morgan fingerprint density at radius 3 is 2.41 bits per heavy atom. The molecular weight excluding hydrogens is 607 g/mol. The number of nitro groups is 1. The molecule has 2 N–H and O–H groups in total. The number of urea groups is 1. The van der Waals surface area contributed by atoms with Gasteiger partial charge in [0.1, 0.15) is 11.4 Å². The molecule has 4 rings (SSSR count). The fourth-order valence-corrected chi connectivity index (χ4v) is 4.30. The second-order valence-corrected chi connectivity index (χ2v) is 9.19. The van der Waals surface area contributed by atoms with E-state index in [0.717, 1.165) is 12.1 Å². The fourth-order valence-electron chi connectivity index (χ4n) is 3.72. The number of rotatable bonds is 9. The molecule has 0 radical (unpaired) electrons. The van der Waals surface area contributed by atoms with Crippen LogP contribution in [0, 0.1) is 15.9 Å². The molecule has 0 unspecified atom stereocenters. The summed E-state index contributed by atoms with van der Waals surface area (Å²) in [4.78, 5) is 61.5. The summed E-state index contributed by atoms with van der Waals surface area (Å²) in [5, 5.41) is 15.6. The number of anilines is 2. The number of hydrogen-bond acceptors (Lipinski definition) is 8. The number of amides is 5. The number of nitrogens with one attached hydrogen (secondary N) is 2. The van der Waals surface area contributed by atoms with Gasteiger partial charge in [0.2, 0.25) is 0 Å². The maximum atomic E-state index is 13.2. The van der Waals surface area contributed by atoms with Gasteiger partial charge in [0.15, 0.2) is 18.1 Å². The van der Waals surface area contributed by atoms with Crippen LogP contribution in [-0.4, -0.2) is 41.9 Å². The Morgan fingerprint density at radius 1 is 1.10 bits per heavy atom. The zero-order valence-electron chi connectivity index (χ0n) is 21.2. The molecule has 0 spiro atoms. The van der Waals surface area contributed by atoms with Crippen LogP contribution < -0.4 is 25.0 Å². The third-order valence-electron chi connectivity index (χ3n) is 5.54. The zero-order chi connectivity index (χ0) is 29.7. The van der Waals surface area contributed by atoms with Crippen molar-refractivity contribution < 1.29 is 38.0 Å². The number of carbonyl (C=O) groups is 4. The van der Waals surface area contributed by atoms with Crippen LogP contribution in [0.5, 0.6) is 11.5 Å². The zero-order valence-corrected chi connectivity index (χ0v) is 22.8. The topological polar surface area (TPSA) is 157 Å². The Hall–Kier alpha value is -5.11. The Bertz CT molecular complexity index is 1580. The van der Waals surface area contributed by atoms with Crippen molar-refractivity contribution >= 4 is 62.8 Å². The van der Waals surface area contributed by atoms with E-state index in [-0.39, 0.29) is 35.1 Å². The molecule has 210 valence electrons. The van der Waals surface area contributed by atoms with Crippen LogP contribution in [0.25, 0.3) is 6.08 Å². The SMILES string of the molecule is CCOc1cc(/C=C2/C(=O)NC(=O)N(c3ccc([N+](=O)[O-])cc3)C2=O)cc(Br)c1OCC(=O)Nc1ccc(F)cc1.